The minimum absolute atomic E-state index is 0.0642. The zero-order valence-electron chi connectivity index (χ0n) is 15.5. The normalized spacial score (nSPS) is 10.9. The fourth-order valence-electron chi connectivity index (χ4n) is 2.57. The van der Waals surface area contributed by atoms with Crippen LogP contribution in [0.2, 0.25) is 10.0 Å². The van der Waals surface area contributed by atoms with E-state index in [9.17, 15) is 10.1 Å². The summed E-state index contributed by atoms with van der Waals surface area (Å²) in [5.74, 6) is -0.0120. The summed E-state index contributed by atoms with van der Waals surface area (Å²) in [5, 5.41) is 13.4. The van der Waals surface area contributed by atoms with E-state index in [1.807, 2.05) is 30.3 Å². The maximum absolute atomic E-state index is 12.5. The highest BCUT2D eigenvalue weighted by Gasteiger charge is 2.12. The third-order valence-corrected chi connectivity index (χ3v) is 5.19. The van der Waals surface area contributed by atoms with Crippen LogP contribution in [0.15, 0.2) is 76.8 Å². The van der Waals surface area contributed by atoms with Crippen LogP contribution in [-0.4, -0.2) is 5.91 Å². The number of nitrogens with zero attached hydrogens (tertiary/aromatic N) is 1. The number of hydrogen-bond acceptors (Lipinski definition) is 3. The molecule has 0 aliphatic rings. The summed E-state index contributed by atoms with van der Waals surface area (Å²) in [6, 6.07) is 21.3. The van der Waals surface area contributed by atoms with Gasteiger partial charge in [0.2, 0.25) is 0 Å². The van der Waals surface area contributed by atoms with Gasteiger partial charge in [0.1, 0.15) is 24.0 Å². The van der Waals surface area contributed by atoms with Crippen molar-refractivity contribution in [2.75, 3.05) is 5.32 Å². The zero-order valence-corrected chi connectivity index (χ0v) is 18.6. The van der Waals surface area contributed by atoms with Gasteiger partial charge in [0.15, 0.2) is 0 Å². The van der Waals surface area contributed by atoms with E-state index in [-0.39, 0.29) is 12.2 Å². The Hall–Kier alpha value is -2.78. The minimum atomic E-state index is -0.531. The van der Waals surface area contributed by atoms with Crippen molar-refractivity contribution in [2.45, 2.75) is 6.61 Å². The first-order valence-corrected chi connectivity index (χ1v) is 10.4. The predicted octanol–water partition coefficient (Wildman–Crippen LogP) is 6.88. The first-order chi connectivity index (χ1) is 14.5. The molecule has 0 spiro atoms. The maximum Gasteiger partial charge on any atom is 0.266 e. The lowest BCUT2D eigenvalue weighted by Gasteiger charge is -2.11. The van der Waals surface area contributed by atoms with Gasteiger partial charge in [0, 0.05) is 31.3 Å². The van der Waals surface area contributed by atoms with Gasteiger partial charge in [-0.3, -0.25) is 4.79 Å². The SMILES string of the molecule is N#C/C(=C\c1cc(Br)ccc1OCc1ccccc1Cl)C(=O)Nc1ccc(Cl)cc1. The standard InChI is InChI=1S/C23H15BrCl2N2O2/c24-18-5-10-22(30-14-15-3-1-2-4-21(15)26)16(12-18)11-17(13-27)23(29)28-20-8-6-19(25)7-9-20/h1-12H,14H2,(H,28,29)/b17-11+. The molecule has 3 rings (SSSR count). The molecule has 0 unspecified atom stereocenters. The van der Waals surface area contributed by atoms with E-state index in [2.05, 4.69) is 21.2 Å². The Kier molecular flexibility index (Phi) is 7.53. The van der Waals surface area contributed by atoms with Crippen LogP contribution in [0.25, 0.3) is 6.08 Å². The van der Waals surface area contributed by atoms with E-state index in [1.165, 1.54) is 6.08 Å². The molecule has 3 aromatic carbocycles. The average molecular weight is 502 g/mol. The summed E-state index contributed by atoms with van der Waals surface area (Å²) in [6.07, 6.45) is 1.48. The number of carbonyl (C=O) groups is 1. The van der Waals surface area contributed by atoms with Crippen LogP contribution in [0.3, 0.4) is 0 Å². The maximum atomic E-state index is 12.5. The Balaban J connectivity index is 1.83. The lowest BCUT2D eigenvalue weighted by atomic mass is 10.1. The Morgan fingerprint density at radius 1 is 1.10 bits per heavy atom. The molecule has 0 aromatic heterocycles. The first kappa shape index (κ1) is 21.9. The van der Waals surface area contributed by atoms with Gasteiger partial charge in [-0.25, -0.2) is 0 Å². The van der Waals surface area contributed by atoms with Crippen molar-refractivity contribution in [3.8, 4) is 11.8 Å². The average Bonchev–Trinajstić information content (AvgIpc) is 2.74. The highest BCUT2D eigenvalue weighted by molar-refractivity contribution is 9.10. The Labute approximate surface area is 192 Å². The molecular weight excluding hydrogens is 487 g/mol. The summed E-state index contributed by atoms with van der Waals surface area (Å²) in [7, 11) is 0. The highest BCUT2D eigenvalue weighted by Crippen LogP contribution is 2.27. The van der Waals surface area contributed by atoms with Crippen molar-refractivity contribution < 1.29 is 9.53 Å². The second-order valence-corrected chi connectivity index (χ2v) is 7.95. The first-order valence-electron chi connectivity index (χ1n) is 8.81. The molecule has 0 heterocycles. The number of halogens is 3. The van der Waals surface area contributed by atoms with E-state index < -0.39 is 5.91 Å². The molecule has 0 saturated heterocycles. The van der Waals surface area contributed by atoms with Crippen LogP contribution < -0.4 is 10.1 Å². The molecule has 0 bridgehead atoms. The van der Waals surface area contributed by atoms with Gasteiger partial charge in [-0.15, -0.1) is 0 Å². The molecule has 30 heavy (non-hydrogen) atoms. The zero-order chi connectivity index (χ0) is 21.5. The topological polar surface area (TPSA) is 62.1 Å². The number of amides is 1. The van der Waals surface area contributed by atoms with Crippen molar-refractivity contribution in [3.05, 3.63) is 97.9 Å². The molecule has 1 amide bonds. The van der Waals surface area contributed by atoms with Gasteiger partial charge in [0.25, 0.3) is 5.91 Å². The van der Waals surface area contributed by atoms with E-state index >= 15 is 0 Å². The van der Waals surface area contributed by atoms with Gasteiger partial charge in [0.05, 0.1) is 0 Å². The third kappa shape index (κ3) is 5.87. The molecule has 0 saturated carbocycles. The molecule has 0 fully saturated rings. The Morgan fingerprint density at radius 2 is 1.83 bits per heavy atom. The van der Waals surface area contributed by atoms with E-state index in [0.717, 1.165) is 10.0 Å². The molecule has 3 aromatic rings. The summed E-state index contributed by atoms with van der Waals surface area (Å²) >= 11 is 15.5. The van der Waals surface area contributed by atoms with Gasteiger partial charge >= 0.3 is 0 Å². The minimum Gasteiger partial charge on any atom is -0.488 e. The van der Waals surface area contributed by atoms with Crippen LogP contribution in [-0.2, 0) is 11.4 Å². The predicted molar refractivity (Wildman–Crippen MR) is 124 cm³/mol. The number of nitriles is 1. The second kappa shape index (κ2) is 10.3. The van der Waals surface area contributed by atoms with Crippen LogP contribution in [0.4, 0.5) is 5.69 Å². The molecular formula is C23H15BrCl2N2O2. The number of ether oxygens (including phenoxy) is 1. The molecule has 0 atom stereocenters. The highest BCUT2D eigenvalue weighted by atomic mass is 79.9. The monoisotopic (exact) mass is 500 g/mol. The molecule has 4 nitrogen and oxygen atoms in total. The fraction of sp³-hybridized carbons (Fsp3) is 0.0435. The molecule has 7 heteroatoms. The van der Waals surface area contributed by atoms with Crippen molar-refractivity contribution >= 4 is 56.8 Å². The summed E-state index contributed by atoms with van der Waals surface area (Å²) in [6.45, 7) is 0.251. The van der Waals surface area contributed by atoms with E-state index in [4.69, 9.17) is 27.9 Å². The lowest BCUT2D eigenvalue weighted by molar-refractivity contribution is -0.112. The summed E-state index contributed by atoms with van der Waals surface area (Å²) < 4.78 is 6.70. The smallest absolute Gasteiger partial charge is 0.266 e. The van der Waals surface area contributed by atoms with Crippen molar-refractivity contribution in [3.63, 3.8) is 0 Å². The molecule has 0 aliphatic carbocycles. The van der Waals surface area contributed by atoms with Crippen molar-refractivity contribution in [2.24, 2.45) is 0 Å². The van der Waals surface area contributed by atoms with E-state index in [1.54, 1.807) is 42.5 Å². The lowest BCUT2D eigenvalue weighted by Crippen LogP contribution is -2.13. The van der Waals surface area contributed by atoms with E-state index in [0.29, 0.717) is 27.0 Å². The number of benzene rings is 3. The largest absolute Gasteiger partial charge is 0.488 e. The molecule has 150 valence electrons. The Morgan fingerprint density at radius 3 is 2.53 bits per heavy atom. The van der Waals surface area contributed by atoms with Crippen LogP contribution in [0.5, 0.6) is 5.75 Å². The molecule has 0 aliphatic heterocycles. The van der Waals surface area contributed by atoms with Crippen LogP contribution in [0.1, 0.15) is 11.1 Å². The summed E-state index contributed by atoms with van der Waals surface area (Å²) in [5.41, 5.74) is 1.89. The van der Waals surface area contributed by atoms with Crippen LogP contribution in [0, 0.1) is 11.3 Å². The van der Waals surface area contributed by atoms with Gasteiger partial charge in [-0.2, -0.15) is 5.26 Å². The van der Waals surface area contributed by atoms with Crippen LogP contribution >= 0.6 is 39.1 Å². The number of anilines is 1. The number of carbonyl (C=O) groups excluding carboxylic acids is 1. The molecule has 0 radical (unpaired) electrons. The summed E-state index contributed by atoms with van der Waals surface area (Å²) in [4.78, 5) is 12.5. The van der Waals surface area contributed by atoms with Crippen molar-refractivity contribution in [1.29, 1.82) is 5.26 Å². The van der Waals surface area contributed by atoms with Gasteiger partial charge in [-0.05, 0) is 54.6 Å². The number of hydrogen-bond donors (Lipinski definition) is 1. The molecule has 1 N–H and O–H groups in total. The second-order valence-electron chi connectivity index (χ2n) is 6.19. The van der Waals surface area contributed by atoms with Gasteiger partial charge < -0.3 is 10.1 Å². The number of nitrogens with one attached hydrogen (secondary N) is 1. The van der Waals surface area contributed by atoms with Crippen molar-refractivity contribution in [1.82, 2.24) is 0 Å². The Bertz CT molecular complexity index is 1140. The number of rotatable bonds is 6. The third-order valence-electron chi connectivity index (χ3n) is 4.08. The fourth-order valence-corrected chi connectivity index (χ4v) is 3.27. The van der Waals surface area contributed by atoms with Gasteiger partial charge in [-0.1, -0.05) is 57.3 Å². The quantitative estimate of drug-likeness (QED) is 0.295.